The molecule has 0 atom stereocenters. The summed E-state index contributed by atoms with van der Waals surface area (Å²) in [5.74, 6) is 0.105. The first-order valence-electron chi connectivity index (χ1n) is 7.30. The SMILES string of the molecule is N=NN(C(=N)CCCC(=O)c1cccc(Cl)c1)c1cccc(Cl)c1. The average Bonchev–Trinajstić information content (AvgIpc) is 2.55. The number of hydrogen-bond donors (Lipinski definition) is 2. The molecule has 0 amide bonds. The fourth-order valence-electron chi connectivity index (χ4n) is 2.21. The van der Waals surface area contributed by atoms with Gasteiger partial charge in [0.1, 0.15) is 5.84 Å². The first-order valence-corrected chi connectivity index (χ1v) is 8.06. The van der Waals surface area contributed by atoms with E-state index in [0.29, 0.717) is 40.6 Å². The quantitative estimate of drug-likeness (QED) is 0.215. The van der Waals surface area contributed by atoms with E-state index in [1.165, 1.54) is 5.01 Å². The summed E-state index contributed by atoms with van der Waals surface area (Å²) in [5.41, 5.74) is 8.37. The highest BCUT2D eigenvalue weighted by molar-refractivity contribution is 6.31. The van der Waals surface area contributed by atoms with Crippen LogP contribution in [0.5, 0.6) is 0 Å². The second-order valence-corrected chi connectivity index (χ2v) is 6.00. The van der Waals surface area contributed by atoms with Crippen LogP contribution in [0.1, 0.15) is 29.6 Å². The van der Waals surface area contributed by atoms with Crippen molar-refractivity contribution in [1.29, 1.82) is 10.9 Å². The highest BCUT2D eigenvalue weighted by atomic mass is 35.5. The monoisotopic (exact) mass is 362 g/mol. The van der Waals surface area contributed by atoms with E-state index in [-0.39, 0.29) is 11.6 Å². The molecule has 0 unspecified atom stereocenters. The molecule has 0 spiro atoms. The van der Waals surface area contributed by atoms with Crippen molar-refractivity contribution in [2.24, 2.45) is 5.22 Å². The third kappa shape index (κ3) is 4.88. The number of halogens is 2. The summed E-state index contributed by atoms with van der Waals surface area (Å²) in [5, 5.41) is 13.7. The molecule has 0 bridgehead atoms. The molecule has 0 saturated carbocycles. The molecule has 0 radical (unpaired) electrons. The van der Waals surface area contributed by atoms with Crippen LogP contribution in [-0.4, -0.2) is 11.6 Å². The Hall–Kier alpha value is -2.24. The van der Waals surface area contributed by atoms with Gasteiger partial charge in [0.05, 0.1) is 5.69 Å². The van der Waals surface area contributed by atoms with Gasteiger partial charge in [0.2, 0.25) is 0 Å². The minimum atomic E-state index is -0.0255. The standard InChI is InChI=1S/C17H16Cl2N4O/c18-13-5-1-4-12(10-13)16(24)8-3-9-17(20)23(22-21)15-7-2-6-14(19)11-15/h1-2,4-7,10-11,20-21H,3,8-9H2. The lowest BCUT2D eigenvalue weighted by Gasteiger charge is -2.17. The van der Waals surface area contributed by atoms with Gasteiger partial charge < -0.3 is 0 Å². The molecular formula is C17H16Cl2N4O. The molecule has 2 aromatic carbocycles. The van der Waals surface area contributed by atoms with Gasteiger partial charge in [-0.2, -0.15) is 5.53 Å². The Kier molecular flexibility index (Phi) is 6.46. The minimum absolute atomic E-state index is 0.0255. The van der Waals surface area contributed by atoms with Crippen LogP contribution in [-0.2, 0) is 0 Å². The van der Waals surface area contributed by atoms with Crippen LogP contribution >= 0.6 is 23.2 Å². The van der Waals surface area contributed by atoms with E-state index in [1.807, 2.05) is 0 Å². The fourth-order valence-corrected chi connectivity index (χ4v) is 2.59. The normalized spacial score (nSPS) is 10.2. The number of Topliss-reactive ketones (excluding diaryl/α,β-unsaturated/α-hetero) is 1. The van der Waals surface area contributed by atoms with Gasteiger partial charge in [0.25, 0.3) is 0 Å². The van der Waals surface area contributed by atoms with Gasteiger partial charge in [-0.1, -0.05) is 46.6 Å². The number of rotatable bonds is 7. The van der Waals surface area contributed by atoms with Crippen molar-refractivity contribution in [2.45, 2.75) is 19.3 Å². The lowest BCUT2D eigenvalue weighted by Crippen LogP contribution is -2.23. The van der Waals surface area contributed by atoms with E-state index in [0.717, 1.165) is 0 Å². The van der Waals surface area contributed by atoms with Crippen LogP contribution in [0.3, 0.4) is 0 Å². The first-order chi connectivity index (χ1) is 11.5. The number of benzene rings is 2. The lowest BCUT2D eigenvalue weighted by molar-refractivity contribution is 0.0981. The highest BCUT2D eigenvalue weighted by Gasteiger charge is 2.13. The van der Waals surface area contributed by atoms with Crippen LogP contribution in [0.15, 0.2) is 53.8 Å². The Labute approximate surface area is 150 Å². The third-order valence-corrected chi connectivity index (χ3v) is 3.84. The Morgan fingerprint density at radius 3 is 2.33 bits per heavy atom. The zero-order valence-electron chi connectivity index (χ0n) is 12.8. The number of hydrogen-bond acceptors (Lipinski definition) is 4. The molecule has 0 heterocycles. The van der Waals surface area contributed by atoms with Crippen molar-refractivity contribution in [2.75, 3.05) is 5.01 Å². The van der Waals surface area contributed by atoms with Gasteiger partial charge in [0.15, 0.2) is 5.78 Å². The van der Waals surface area contributed by atoms with Gasteiger partial charge in [0, 0.05) is 28.5 Å². The molecule has 5 nitrogen and oxygen atoms in total. The maximum absolute atomic E-state index is 12.1. The largest absolute Gasteiger partial charge is 0.294 e. The number of nitrogens with one attached hydrogen (secondary N) is 2. The van der Waals surface area contributed by atoms with E-state index in [9.17, 15) is 4.79 Å². The van der Waals surface area contributed by atoms with Gasteiger partial charge in [-0.3, -0.25) is 10.2 Å². The second-order valence-electron chi connectivity index (χ2n) is 5.13. The molecule has 0 saturated heterocycles. The highest BCUT2D eigenvalue weighted by Crippen LogP contribution is 2.21. The summed E-state index contributed by atoms with van der Waals surface area (Å²) in [6.45, 7) is 0. The molecule has 0 aliphatic heterocycles. The zero-order chi connectivity index (χ0) is 17.5. The number of amidine groups is 1. The summed E-state index contributed by atoms with van der Waals surface area (Å²) in [6, 6.07) is 13.6. The average molecular weight is 363 g/mol. The van der Waals surface area contributed by atoms with Crippen molar-refractivity contribution in [3.8, 4) is 0 Å². The van der Waals surface area contributed by atoms with Gasteiger partial charge in [-0.15, -0.1) is 0 Å². The Bertz CT molecular complexity index is 764. The fraction of sp³-hybridized carbons (Fsp3) is 0.176. The number of anilines is 1. The van der Waals surface area contributed by atoms with E-state index in [4.69, 9.17) is 34.1 Å². The van der Waals surface area contributed by atoms with Crippen LogP contribution < -0.4 is 5.01 Å². The molecule has 0 aliphatic carbocycles. The van der Waals surface area contributed by atoms with Crippen molar-refractivity contribution < 1.29 is 4.79 Å². The summed E-state index contributed by atoms with van der Waals surface area (Å²) < 4.78 is 0. The second kappa shape index (κ2) is 8.57. The Morgan fingerprint density at radius 2 is 1.71 bits per heavy atom. The summed E-state index contributed by atoms with van der Waals surface area (Å²) in [7, 11) is 0. The molecule has 2 N–H and O–H groups in total. The van der Waals surface area contributed by atoms with Gasteiger partial charge >= 0.3 is 0 Å². The molecular weight excluding hydrogens is 347 g/mol. The molecule has 0 aliphatic rings. The van der Waals surface area contributed by atoms with E-state index >= 15 is 0 Å². The molecule has 2 aromatic rings. The Morgan fingerprint density at radius 1 is 1.04 bits per heavy atom. The van der Waals surface area contributed by atoms with Gasteiger partial charge in [-0.05, 0) is 36.8 Å². The number of nitrogens with zero attached hydrogens (tertiary/aromatic N) is 2. The molecule has 2 rings (SSSR count). The molecule has 0 fully saturated rings. The minimum Gasteiger partial charge on any atom is -0.294 e. The van der Waals surface area contributed by atoms with Crippen molar-refractivity contribution in [3.05, 3.63) is 64.1 Å². The number of ketones is 1. The third-order valence-electron chi connectivity index (χ3n) is 3.37. The number of carbonyl (C=O) groups is 1. The predicted molar refractivity (Wildman–Crippen MR) is 96.4 cm³/mol. The maximum atomic E-state index is 12.1. The molecule has 0 aromatic heterocycles. The number of carbonyl (C=O) groups excluding carboxylic acids is 1. The van der Waals surface area contributed by atoms with Crippen molar-refractivity contribution in [3.63, 3.8) is 0 Å². The smallest absolute Gasteiger partial charge is 0.162 e. The van der Waals surface area contributed by atoms with Crippen LogP contribution in [0.25, 0.3) is 0 Å². The summed E-state index contributed by atoms with van der Waals surface area (Å²) >= 11 is 11.8. The Balaban J connectivity index is 1.92. The van der Waals surface area contributed by atoms with Crippen LogP contribution in [0.4, 0.5) is 5.69 Å². The van der Waals surface area contributed by atoms with E-state index in [2.05, 4.69) is 5.22 Å². The first kappa shape index (κ1) is 18.1. The lowest BCUT2D eigenvalue weighted by atomic mass is 10.1. The summed E-state index contributed by atoms with van der Waals surface area (Å²) in [6.07, 6.45) is 1.10. The molecule has 124 valence electrons. The van der Waals surface area contributed by atoms with Crippen molar-refractivity contribution >= 4 is 40.5 Å². The molecule has 24 heavy (non-hydrogen) atoms. The summed E-state index contributed by atoms with van der Waals surface area (Å²) in [4.78, 5) is 12.1. The molecule has 7 heteroatoms. The van der Waals surface area contributed by atoms with Crippen LogP contribution in [0, 0.1) is 10.9 Å². The maximum Gasteiger partial charge on any atom is 0.162 e. The zero-order valence-corrected chi connectivity index (χ0v) is 14.3. The van der Waals surface area contributed by atoms with E-state index < -0.39 is 0 Å². The van der Waals surface area contributed by atoms with E-state index in [1.54, 1.807) is 48.5 Å². The van der Waals surface area contributed by atoms with Gasteiger partial charge in [-0.25, -0.2) is 5.01 Å². The van der Waals surface area contributed by atoms with Crippen LogP contribution in [0.2, 0.25) is 10.0 Å². The van der Waals surface area contributed by atoms with Crippen molar-refractivity contribution in [1.82, 2.24) is 0 Å². The topological polar surface area (TPSA) is 80.4 Å². The predicted octanol–water partition coefficient (Wildman–Crippen LogP) is 5.78.